The topological polar surface area (TPSA) is 58.7 Å². The van der Waals surface area contributed by atoms with E-state index in [-0.39, 0.29) is 17.7 Å². The number of rotatable bonds is 4. The highest BCUT2D eigenvalue weighted by molar-refractivity contribution is 6.16. The summed E-state index contributed by atoms with van der Waals surface area (Å²) in [5, 5.41) is 6.06. The van der Waals surface area contributed by atoms with Crippen LogP contribution in [0.25, 0.3) is 0 Å². The highest BCUT2D eigenvalue weighted by Crippen LogP contribution is 2.28. The van der Waals surface area contributed by atoms with Crippen LogP contribution in [0.5, 0.6) is 0 Å². The van der Waals surface area contributed by atoms with E-state index in [1.807, 2.05) is 31.2 Å². The van der Waals surface area contributed by atoms with Crippen molar-refractivity contribution in [3.63, 3.8) is 0 Å². The van der Waals surface area contributed by atoms with E-state index in [9.17, 15) is 4.79 Å². The van der Waals surface area contributed by atoms with Gasteiger partial charge in [0.15, 0.2) is 0 Å². The number of benzene rings is 1. The van der Waals surface area contributed by atoms with Gasteiger partial charge in [-0.15, -0.1) is 0 Å². The van der Waals surface area contributed by atoms with Crippen molar-refractivity contribution in [2.75, 3.05) is 11.6 Å². The Kier molecular flexibility index (Phi) is 4.00. The molecular formula is C15H21N3O. The molecule has 0 fully saturated rings. The summed E-state index contributed by atoms with van der Waals surface area (Å²) in [6, 6.07) is 7.84. The van der Waals surface area contributed by atoms with E-state index >= 15 is 0 Å². The van der Waals surface area contributed by atoms with Crippen molar-refractivity contribution in [1.29, 1.82) is 0 Å². The smallest absolute Gasteiger partial charge is 0.256 e. The molecule has 2 rings (SSSR count). The first kappa shape index (κ1) is 13.7. The van der Waals surface area contributed by atoms with E-state index in [0.29, 0.717) is 13.0 Å². The lowest BCUT2D eigenvalue weighted by atomic mass is 9.92. The highest BCUT2D eigenvalue weighted by atomic mass is 16.2. The molecule has 19 heavy (non-hydrogen) atoms. The maximum atomic E-state index is 12.5. The summed E-state index contributed by atoms with van der Waals surface area (Å²) >= 11 is 0. The van der Waals surface area contributed by atoms with Crippen LogP contribution in [-0.4, -0.2) is 18.2 Å². The molecule has 0 saturated carbocycles. The zero-order valence-electron chi connectivity index (χ0n) is 11.8. The Balaban J connectivity index is 2.35. The first-order valence-electron chi connectivity index (χ1n) is 6.73. The molecule has 1 atom stereocenters. The summed E-state index contributed by atoms with van der Waals surface area (Å²) in [4.78, 5) is 12.5. The number of carbonyl (C=O) groups is 1. The van der Waals surface area contributed by atoms with E-state index in [4.69, 9.17) is 5.73 Å². The molecule has 4 heteroatoms. The lowest BCUT2D eigenvalue weighted by Gasteiger charge is -2.14. The van der Waals surface area contributed by atoms with Gasteiger partial charge in [-0.25, -0.2) is 5.01 Å². The van der Waals surface area contributed by atoms with Crippen LogP contribution in [-0.2, 0) is 4.79 Å². The minimum Gasteiger partial charge on any atom is -0.330 e. The van der Waals surface area contributed by atoms with Gasteiger partial charge in [0.1, 0.15) is 0 Å². The van der Waals surface area contributed by atoms with E-state index in [1.54, 1.807) is 0 Å². The van der Waals surface area contributed by atoms with Crippen molar-refractivity contribution >= 4 is 17.3 Å². The zero-order chi connectivity index (χ0) is 14.0. The second-order valence-electron chi connectivity index (χ2n) is 5.30. The Morgan fingerprint density at radius 1 is 1.42 bits per heavy atom. The van der Waals surface area contributed by atoms with Crippen LogP contribution < -0.4 is 10.7 Å². The maximum Gasteiger partial charge on any atom is 0.256 e. The van der Waals surface area contributed by atoms with Gasteiger partial charge in [-0.3, -0.25) is 4.79 Å². The van der Waals surface area contributed by atoms with E-state index in [0.717, 1.165) is 17.0 Å². The molecule has 1 aliphatic rings. The van der Waals surface area contributed by atoms with Crippen molar-refractivity contribution in [2.24, 2.45) is 22.7 Å². The van der Waals surface area contributed by atoms with Gasteiger partial charge in [0, 0.05) is 0 Å². The summed E-state index contributed by atoms with van der Waals surface area (Å²) in [6.45, 7) is 6.64. The quantitative estimate of drug-likeness (QED) is 0.902. The van der Waals surface area contributed by atoms with E-state index in [2.05, 4.69) is 18.9 Å². The normalized spacial score (nSPS) is 19.2. The van der Waals surface area contributed by atoms with Crippen LogP contribution in [0.4, 0.5) is 5.69 Å². The average molecular weight is 259 g/mol. The first-order chi connectivity index (χ1) is 9.04. The molecule has 0 aromatic heterocycles. The van der Waals surface area contributed by atoms with Gasteiger partial charge in [0.25, 0.3) is 5.91 Å². The van der Waals surface area contributed by atoms with Gasteiger partial charge in [-0.2, -0.15) is 5.10 Å². The number of nitrogens with two attached hydrogens (primary N) is 1. The minimum absolute atomic E-state index is 0.0414. The fourth-order valence-electron chi connectivity index (χ4n) is 2.41. The number of carbonyl (C=O) groups excluding carboxylic acids is 1. The third-order valence-corrected chi connectivity index (χ3v) is 3.37. The van der Waals surface area contributed by atoms with Crippen LogP contribution in [0.2, 0.25) is 0 Å². The van der Waals surface area contributed by atoms with Crippen molar-refractivity contribution < 1.29 is 4.79 Å². The molecule has 102 valence electrons. The summed E-state index contributed by atoms with van der Waals surface area (Å²) < 4.78 is 0. The van der Waals surface area contributed by atoms with Gasteiger partial charge in [0.05, 0.1) is 17.3 Å². The van der Waals surface area contributed by atoms with Crippen molar-refractivity contribution in [3.05, 3.63) is 29.8 Å². The Labute approximate surface area is 114 Å². The molecule has 4 nitrogen and oxygen atoms in total. The second-order valence-corrected chi connectivity index (χ2v) is 5.30. The molecule has 0 radical (unpaired) electrons. The van der Waals surface area contributed by atoms with E-state index < -0.39 is 0 Å². The van der Waals surface area contributed by atoms with Gasteiger partial charge in [0.2, 0.25) is 0 Å². The third-order valence-electron chi connectivity index (χ3n) is 3.37. The monoisotopic (exact) mass is 259 g/mol. The third kappa shape index (κ3) is 2.68. The van der Waals surface area contributed by atoms with Gasteiger partial charge in [-0.1, -0.05) is 26.0 Å². The lowest BCUT2D eigenvalue weighted by Crippen LogP contribution is -2.30. The predicted octanol–water partition coefficient (Wildman–Crippen LogP) is 2.32. The Morgan fingerprint density at radius 3 is 2.74 bits per heavy atom. The molecule has 0 saturated heterocycles. The average Bonchev–Trinajstić information content (AvgIpc) is 2.68. The van der Waals surface area contributed by atoms with Crippen LogP contribution in [0, 0.1) is 18.8 Å². The number of anilines is 1. The summed E-state index contributed by atoms with van der Waals surface area (Å²) in [6.07, 6.45) is 0.665. The number of hydrogen-bond donors (Lipinski definition) is 1. The Hall–Kier alpha value is -1.68. The lowest BCUT2D eigenvalue weighted by molar-refractivity contribution is -0.119. The van der Waals surface area contributed by atoms with Gasteiger partial charge < -0.3 is 5.73 Å². The largest absolute Gasteiger partial charge is 0.330 e. The molecule has 1 aliphatic heterocycles. The summed E-state index contributed by atoms with van der Waals surface area (Å²) in [5.74, 6) is 0.139. The minimum atomic E-state index is -0.162. The predicted molar refractivity (Wildman–Crippen MR) is 78.1 cm³/mol. The fourth-order valence-corrected chi connectivity index (χ4v) is 2.41. The van der Waals surface area contributed by atoms with Crippen molar-refractivity contribution in [1.82, 2.24) is 0 Å². The van der Waals surface area contributed by atoms with Crippen LogP contribution in [0.1, 0.15) is 25.8 Å². The van der Waals surface area contributed by atoms with Crippen LogP contribution in [0.15, 0.2) is 29.4 Å². The molecule has 1 aromatic carbocycles. The molecule has 0 aliphatic carbocycles. The van der Waals surface area contributed by atoms with Gasteiger partial charge >= 0.3 is 0 Å². The first-order valence-corrected chi connectivity index (χ1v) is 6.73. The van der Waals surface area contributed by atoms with Crippen molar-refractivity contribution in [3.8, 4) is 0 Å². The molecule has 1 aromatic rings. The molecular weight excluding hydrogens is 238 g/mol. The van der Waals surface area contributed by atoms with E-state index in [1.165, 1.54) is 5.01 Å². The summed E-state index contributed by atoms with van der Waals surface area (Å²) in [7, 11) is 0. The highest BCUT2D eigenvalue weighted by Gasteiger charge is 2.37. The van der Waals surface area contributed by atoms with Crippen LogP contribution >= 0.6 is 0 Å². The Bertz CT molecular complexity index is 508. The summed E-state index contributed by atoms with van der Waals surface area (Å²) in [5.41, 5.74) is 8.51. The standard InChI is InChI=1S/C15H21N3O/c1-10(2)14-13(7-8-16)15(19)18(17-14)12-6-4-5-11(3)9-12/h4-6,9-10,13H,7-8,16H2,1-3H3. The molecule has 1 amide bonds. The molecule has 1 heterocycles. The number of nitrogens with zero attached hydrogens (tertiary/aromatic N) is 2. The molecule has 2 N–H and O–H groups in total. The van der Waals surface area contributed by atoms with Gasteiger partial charge in [-0.05, 0) is 43.5 Å². The number of hydrazone groups is 1. The number of hydrogen-bond acceptors (Lipinski definition) is 3. The number of amides is 1. The molecule has 0 bridgehead atoms. The number of aryl methyl sites for hydroxylation is 1. The maximum absolute atomic E-state index is 12.5. The SMILES string of the molecule is Cc1cccc(N2N=C(C(C)C)C(CCN)C2=O)c1. The van der Waals surface area contributed by atoms with Crippen LogP contribution in [0.3, 0.4) is 0 Å². The fraction of sp³-hybridized carbons (Fsp3) is 0.467. The Morgan fingerprint density at radius 2 is 2.16 bits per heavy atom. The van der Waals surface area contributed by atoms with Crippen molar-refractivity contribution in [2.45, 2.75) is 27.2 Å². The molecule has 0 spiro atoms. The zero-order valence-corrected chi connectivity index (χ0v) is 11.8. The molecule has 1 unspecified atom stereocenters. The second kappa shape index (κ2) is 5.53.